The molecule has 0 fully saturated rings. The maximum Gasteiger partial charge on any atom is 0.170 e. The maximum absolute atomic E-state index is 12.5. The third-order valence-corrected chi connectivity index (χ3v) is 4.42. The molecule has 5 nitrogen and oxygen atoms in total. The summed E-state index contributed by atoms with van der Waals surface area (Å²) in [5, 5.41) is 29.6. The molecule has 1 heterocycles. The molecule has 1 unspecified atom stereocenters. The van der Waals surface area contributed by atoms with Crippen LogP contribution >= 0.6 is 0 Å². The standard InChI is InChI=1S/C20H22O5/c1-20(2,24)10-9-15-16(22)8-7-14-17(23)11-18(25-19(14)15)12-3-5-13(21)6-4-12/h3-8,18,21-22,24H,9-11H2,1-2H3. The Kier molecular flexibility index (Phi) is 4.43. The molecule has 0 spiro atoms. The van der Waals surface area contributed by atoms with Crippen LogP contribution in [0.1, 0.15) is 54.3 Å². The van der Waals surface area contributed by atoms with Crippen LogP contribution in [0.25, 0.3) is 0 Å². The zero-order valence-electron chi connectivity index (χ0n) is 14.3. The molecule has 5 heteroatoms. The van der Waals surface area contributed by atoms with Gasteiger partial charge in [0.15, 0.2) is 5.78 Å². The number of phenols is 2. The molecule has 0 amide bonds. The van der Waals surface area contributed by atoms with Crippen molar-refractivity contribution in [3.05, 3.63) is 53.1 Å². The lowest BCUT2D eigenvalue weighted by atomic mass is 9.91. The van der Waals surface area contributed by atoms with Crippen molar-refractivity contribution in [1.82, 2.24) is 0 Å². The summed E-state index contributed by atoms with van der Waals surface area (Å²) in [7, 11) is 0. The quantitative estimate of drug-likeness (QED) is 0.791. The normalized spacial score (nSPS) is 17.1. The van der Waals surface area contributed by atoms with E-state index in [4.69, 9.17) is 4.74 Å². The second-order valence-electron chi connectivity index (χ2n) is 7.08. The molecule has 0 saturated heterocycles. The number of carbonyl (C=O) groups excluding carboxylic acids is 1. The number of carbonyl (C=O) groups is 1. The average molecular weight is 342 g/mol. The number of hydrogen-bond acceptors (Lipinski definition) is 5. The highest BCUT2D eigenvalue weighted by Crippen LogP contribution is 2.41. The first-order valence-electron chi connectivity index (χ1n) is 8.30. The largest absolute Gasteiger partial charge is 0.508 e. The highest BCUT2D eigenvalue weighted by molar-refractivity contribution is 6.00. The van der Waals surface area contributed by atoms with E-state index in [1.165, 1.54) is 6.07 Å². The highest BCUT2D eigenvalue weighted by Gasteiger charge is 2.31. The molecule has 3 N–H and O–H groups in total. The maximum atomic E-state index is 12.5. The van der Waals surface area contributed by atoms with Crippen molar-refractivity contribution in [2.75, 3.05) is 0 Å². The molecule has 1 aliphatic rings. The van der Waals surface area contributed by atoms with Gasteiger partial charge in [0.1, 0.15) is 23.4 Å². The Morgan fingerprint density at radius 2 is 1.80 bits per heavy atom. The Morgan fingerprint density at radius 1 is 1.12 bits per heavy atom. The van der Waals surface area contributed by atoms with E-state index in [9.17, 15) is 20.1 Å². The number of rotatable bonds is 4. The SMILES string of the molecule is CC(C)(O)CCc1c(O)ccc2c1OC(c1ccc(O)cc1)CC2=O. The monoisotopic (exact) mass is 342 g/mol. The van der Waals surface area contributed by atoms with Crippen molar-refractivity contribution in [3.63, 3.8) is 0 Å². The van der Waals surface area contributed by atoms with Gasteiger partial charge < -0.3 is 20.1 Å². The van der Waals surface area contributed by atoms with Gasteiger partial charge in [-0.15, -0.1) is 0 Å². The van der Waals surface area contributed by atoms with E-state index in [2.05, 4.69) is 0 Å². The number of hydrogen-bond donors (Lipinski definition) is 3. The Balaban J connectivity index is 1.96. The number of Topliss-reactive ketones (excluding diaryl/α,β-unsaturated/α-hetero) is 1. The van der Waals surface area contributed by atoms with E-state index >= 15 is 0 Å². The third-order valence-electron chi connectivity index (χ3n) is 4.42. The number of aromatic hydroxyl groups is 2. The van der Waals surface area contributed by atoms with Gasteiger partial charge in [0.05, 0.1) is 17.6 Å². The van der Waals surface area contributed by atoms with Crippen molar-refractivity contribution >= 4 is 5.78 Å². The van der Waals surface area contributed by atoms with Crippen LogP contribution in [0.15, 0.2) is 36.4 Å². The van der Waals surface area contributed by atoms with E-state index in [-0.39, 0.29) is 23.7 Å². The molecular weight excluding hydrogens is 320 g/mol. The van der Waals surface area contributed by atoms with Gasteiger partial charge in [-0.1, -0.05) is 12.1 Å². The van der Waals surface area contributed by atoms with Crippen molar-refractivity contribution in [1.29, 1.82) is 0 Å². The zero-order valence-corrected chi connectivity index (χ0v) is 14.3. The number of ketones is 1. The van der Waals surface area contributed by atoms with Crippen molar-refractivity contribution in [2.24, 2.45) is 0 Å². The molecule has 0 aromatic heterocycles. The summed E-state index contributed by atoms with van der Waals surface area (Å²) in [6.07, 6.45) is 0.559. The van der Waals surface area contributed by atoms with Crippen molar-refractivity contribution < 1.29 is 24.9 Å². The van der Waals surface area contributed by atoms with Crippen LogP contribution < -0.4 is 4.74 Å². The Morgan fingerprint density at radius 3 is 2.44 bits per heavy atom. The first-order valence-corrected chi connectivity index (χ1v) is 8.30. The van der Waals surface area contributed by atoms with Gasteiger partial charge in [0.2, 0.25) is 0 Å². The molecule has 1 aliphatic heterocycles. The number of ether oxygens (including phenoxy) is 1. The fourth-order valence-corrected chi connectivity index (χ4v) is 2.98. The van der Waals surface area contributed by atoms with E-state index in [1.54, 1.807) is 44.2 Å². The van der Waals surface area contributed by atoms with Gasteiger partial charge in [-0.05, 0) is 56.5 Å². The van der Waals surface area contributed by atoms with Crippen molar-refractivity contribution in [3.8, 4) is 17.2 Å². The average Bonchev–Trinajstić information content (AvgIpc) is 2.53. The van der Waals surface area contributed by atoms with Gasteiger partial charge in [-0.25, -0.2) is 0 Å². The topological polar surface area (TPSA) is 87.0 Å². The summed E-state index contributed by atoms with van der Waals surface area (Å²) in [4.78, 5) is 12.5. The molecule has 3 rings (SSSR count). The number of aliphatic hydroxyl groups is 1. The summed E-state index contributed by atoms with van der Waals surface area (Å²) in [6, 6.07) is 9.62. The second kappa shape index (κ2) is 6.41. The fraction of sp³-hybridized carbons (Fsp3) is 0.350. The molecule has 2 aromatic carbocycles. The number of fused-ring (bicyclic) bond motifs is 1. The molecule has 0 radical (unpaired) electrons. The minimum atomic E-state index is -0.885. The van der Waals surface area contributed by atoms with Crippen LogP contribution in [0.2, 0.25) is 0 Å². The molecule has 0 saturated carbocycles. The molecular formula is C20H22O5. The first kappa shape index (κ1) is 17.3. The minimum absolute atomic E-state index is 0.0520. The Hall–Kier alpha value is -2.53. The summed E-state index contributed by atoms with van der Waals surface area (Å²) < 4.78 is 6.06. The molecule has 0 bridgehead atoms. The lowest BCUT2D eigenvalue weighted by molar-refractivity contribution is 0.0706. The molecule has 0 aliphatic carbocycles. The van der Waals surface area contributed by atoms with Crippen LogP contribution in [0.5, 0.6) is 17.2 Å². The number of phenolic OH excluding ortho intramolecular Hbond substituents is 2. The zero-order chi connectivity index (χ0) is 18.2. The summed E-state index contributed by atoms with van der Waals surface area (Å²) in [5.74, 6) is 0.541. The molecule has 2 aromatic rings. The van der Waals surface area contributed by atoms with E-state index in [0.29, 0.717) is 29.7 Å². The summed E-state index contributed by atoms with van der Waals surface area (Å²) >= 11 is 0. The van der Waals surface area contributed by atoms with Crippen LogP contribution in [-0.2, 0) is 6.42 Å². The van der Waals surface area contributed by atoms with E-state index in [0.717, 1.165) is 5.56 Å². The summed E-state index contributed by atoms with van der Waals surface area (Å²) in [6.45, 7) is 3.40. The highest BCUT2D eigenvalue weighted by atomic mass is 16.5. The van der Waals surface area contributed by atoms with Gasteiger partial charge in [-0.3, -0.25) is 4.79 Å². The van der Waals surface area contributed by atoms with Crippen molar-refractivity contribution in [2.45, 2.75) is 44.8 Å². The minimum Gasteiger partial charge on any atom is -0.508 e. The Bertz CT molecular complexity index is 787. The second-order valence-corrected chi connectivity index (χ2v) is 7.08. The van der Waals surface area contributed by atoms with Gasteiger partial charge in [0, 0.05) is 5.56 Å². The number of benzene rings is 2. The van der Waals surface area contributed by atoms with Crippen LogP contribution in [-0.4, -0.2) is 26.7 Å². The first-order chi connectivity index (χ1) is 11.7. The Labute approximate surface area is 146 Å². The van der Waals surface area contributed by atoms with Gasteiger partial charge in [0.25, 0.3) is 0 Å². The smallest absolute Gasteiger partial charge is 0.170 e. The lowest BCUT2D eigenvalue weighted by Gasteiger charge is -2.28. The predicted molar refractivity (Wildman–Crippen MR) is 93.1 cm³/mol. The molecule has 1 atom stereocenters. The lowest BCUT2D eigenvalue weighted by Crippen LogP contribution is -2.23. The molecule has 25 heavy (non-hydrogen) atoms. The fourth-order valence-electron chi connectivity index (χ4n) is 2.98. The molecule has 132 valence electrons. The predicted octanol–water partition coefficient (Wildman–Crippen LogP) is 3.51. The van der Waals surface area contributed by atoms with Crippen LogP contribution in [0, 0.1) is 0 Å². The van der Waals surface area contributed by atoms with Crippen LogP contribution in [0.4, 0.5) is 0 Å². The third kappa shape index (κ3) is 3.77. The summed E-state index contributed by atoms with van der Waals surface area (Å²) in [5.41, 5.74) is 0.896. The van der Waals surface area contributed by atoms with E-state index in [1.807, 2.05) is 0 Å². The van der Waals surface area contributed by atoms with E-state index < -0.39 is 11.7 Å². The van der Waals surface area contributed by atoms with Gasteiger partial charge >= 0.3 is 0 Å². The van der Waals surface area contributed by atoms with Crippen LogP contribution in [0.3, 0.4) is 0 Å². The van der Waals surface area contributed by atoms with Gasteiger partial charge in [-0.2, -0.15) is 0 Å².